The number of fused-ring (bicyclic) bond motifs is 2. The molecule has 0 fully saturated rings. The van der Waals surface area contributed by atoms with Crippen molar-refractivity contribution in [1.29, 1.82) is 0 Å². The number of hydrogen-bond donors (Lipinski definition) is 1. The highest BCUT2D eigenvalue weighted by atomic mass is 32.1. The summed E-state index contributed by atoms with van der Waals surface area (Å²) in [6.07, 6.45) is 1.43. The average molecular weight is 446 g/mol. The zero-order valence-electron chi connectivity index (χ0n) is 18.3. The fourth-order valence-corrected chi connectivity index (χ4v) is 5.09. The molecule has 0 bridgehead atoms. The molecule has 5 rings (SSSR count). The summed E-state index contributed by atoms with van der Waals surface area (Å²) in [6, 6.07) is 7.98. The Morgan fingerprint density at radius 2 is 1.91 bits per heavy atom. The number of benzene rings is 1. The molecule has 0 unspecified atom stereocenters. The zero-order chi connectivity index (χ0) is 22.6. The largest absolute Gasteiger partial charge is 0.383 e. The van der Waals surface area contributed by atoms with Gasteiger partial charge in [-0.3, -0.25) is 9.36 Å². The topological polar surface area (TPSA) is 105 Å². The van der Waals surface area contributed by atoms with Crippen molar-refractivity contribution >= 4 is 38.4 Å². The molecule has 162 valence electrons. The van der Waals surface area contributed by atoms with Gasteiger partial charge in [0.25, 0.3) is 5.56 Å². The van der Waals surface area contributed by atoms with E-state index < -0.39 is 0 Å². The second-order valence-electron chi connectivity index (χ2n) is 8.18. The number of aromatic nitrogens is 6. The van der Waals surface area contributed by atoms with Crippen molar-refractivity contribution in [3.63, 3.8) is 0 Å². The monoisotopic (exact) mass is 445 g/mol. The van der Waals surface area contributed by atoms with Crippen LogP contribution >= 0.6 is 11.3 Å². The van der Waals surface area contributed by atoms with Crippen molar-refractivity contribution in [2.75, 3.05) is 5.73 Å². The molecular weight excluding hydrogens is 422 g/mol. The van der Waals surface area contributed by atoms with E-state index in [-0.39, 0.29) is 18.0 Å². The third-order valence-electron chi connectivity index (χ3n) is 5.69. The smallest absolute Gasteiger partial charge is 0.267 e. The second-order valence-corrected chi connectivity index (χ2v) is 9.04. The van der Waals surface area contributed by atoms with E-state index in [0.717, 1.165) is 32.7 Å². The molecule has 0 amide bonds. The lowest BCUT2D eigenvalue weighted by Gasteiger charge is -2.18. The molecule has 32 heavy (non-hydrogen) atoms. The molecule has 0 atom stereocenters. The summed E-state index contributed by atoms with van der Waals surface area (Å²) in [5.41, 5.74) is 10.2. The quantitative estimate of drug-likeness (QED) is 0.449. The third-order valence-corrected chi connectivity index (χ3v) is 6.68. The minimum absolute atomic E-state index is 0.0702. The Bertz CT molecular complexity index is 1540. The highest BCUT2D eigenvalue weighted by Gasteiger charge is 2.21. The number of nitrogens with zero attached hydrogens (tertiary/aromatic N) is 6. The van der Waals surface area contributed by atoms with Crippen LogP contribution in [0.2, 0.25) is 0 Å². The number of aryl methyl sites for hydroxylation is 2. The van der Waals surface area contributed by atoms with Gasteiger partial charge in [-0.25, -0.2) is 19.6 Å². The van der Waals surface area contributed by atoms with Crippen LogP contribution < -0.4 is 11.3 Å². The molecule has 0 saturated heterocycles. The lowest BCUT2D eigenvalue weighted by molar-refractivity contribution is 0.642. The number of anilines is 1. The fourth-order valence-electron chi connectivity index (χ4n) is 4.16. The Labute approximate surface area is 188 Å². The van der Waals surface area contributed by atoms with E-state index in [1.807, 2.05) is 37.4 Å². The summed E-state index contributed by atoms with van der Waals surface area (Å²) in [7, 11) is 0. The molecule has 4 aromatic heterocycles. The summed E-state index contributed by atoms with van der Waals surface area (Å²) < 4.78 is 3.47. The van der Waals surface area contributed by atoms with Crippen LogP contribution in [0.15, 0.2) is 40.8 Å². The maximum atomic E-state index is 13.8. The van der Waals surface area contributed by atoms with E-state index in [2.05, 4.69) is 35.0 Å². The molecule has 0 radical (unpaired) electrons. The highest BCUT2D eigenvalue weighted by Crippen LogP contribution is 2.27. The predicted molar refractivity (Wildman–Crippen MR) is 128 cm³/mol. The maximum Gasteiger partial charge on any atom is 0.267 e. The van der Waals surface area contributed by atoms with Gasteiger partial charge in [0, 0.05) is 0 Å². The number of nitrogen functional groups attached to an aromatic ring is 1. The number of nitrogens with two attached hydrogens (primary N) is 1. The van der Waals surface area contributed by atoms with Crippen molar-refractivity contribution in [3.8, 4) is 5.69 Å². The normalized spacial score (nSPS) is 11.8. The molecule has 1 aromatic carbocycles. The minimum atomic E-state index is -0.0702. The Balaban J connectivity index is 1.81. The summed E-state index contributed by atoms with van der Waals surface area (Å²) in [4.78, 5) is 27.9. The maximum absolute atomic E-state index is 13.8. The number of thiophene rings is 1. The first-order valence-corrected chi connectivity index (χ1v) is 11.3. The van der Waals surface area contributed by atoms with Gasteiger partial charge in [0.15, 0.2) is 5.65 Å². The van der Waals surface area contributed by atoms with Crippen molar-refractivity contribution in [2.45, 2.75) is 40.2 Å². The SMILES string of the molecule is Cc1nn(Cc2nc3scc(C)c3c(=O)n2-c2ccccc2C(C)C)c2ncnc(N)c12. The van der Waals surface area contributed by atoms with Crippen LogP contribution in [0.4, 0.5) is 5.82 Å². The van der Waals surface area contributed by atoms with Crippen LogP contribution in [0.5, 0.6) is 0 Å². The van der Waals surface area contributed by atoms with E-state index >= 15 is 0 Å². The number of hydrogen-bond acceptors (Lipinski definition) is 7. The third kappa shape index (κ3) is 3.08. The summed E-state index contributed by atoms with van der Waals surface area (Å²) in [5, 5.41) is 7.99. The Hall–Kier alpha value is -3.59. The lowest BCUT2D eigenvalue weighted by atomic mass is 10.0. The minimum Gasteiger partial charge on any atom is -0.383 e. The van der Waals surface area contributed by atoms with Crippen LogP contribution in [-0.4, -0.2) is 29.3 Å². The zero-order valence-corrected chi connectivity index (χ0v) is 19.1. The summed E-state index contributed by atoms with van der Waals surface area (Å²) >= 11 is 1.48. The Morgan fingerprint density at radius 3 is 2.69 bits per heavy atom. The molecule has 2 N–H and O–H groups in total. The van der Waals surface area contributed by atoms with Crippen molar-refractivity contribution in [3.05, 3.63) is 69.0 Å². The van der Waals surface area contributed by atoms with E-state index in [1.54, 1.807) is 9.25 Å². The first-order valence-electron chi connectivity index (χ1n) is 10.4. The van der Waals surface area contributed by atoms with Gasteiger partial charge in [-0.05, 0) is 42.3 Å². The van der Waals surface area contributed by atoms with Gasteiger partial charge in [-0.2, -0.15) is 5.10 Å². The first kappa shape index (κ1) is 20.3. The van der Waals surface area contributed by atoms with Crippen LogP contribution in [0, 0.1) is 13.8 Å². The van der Waals surface area contributed by atoms with Crippen molar-refractivity contribution in [1.82, 2.24) is 29.3 Å². The van der Waals surface area contributed by atoms with Gasteiger partial charge >= 0.3 is 0 Å². The second kappa shape index (κ2) is 7.52. The Morgan fingerprint density at radius 1 is 1.12 bits per heavy atom. The van der Waals surface area contributed by atoms with Gasteiger partial charge in [-0.15, -0.1) is 11.3 Å². The fraction of sp³-hybridized carbons (Fsp3) is 0.261. The molecule has 0 saturated carbocycles. The molecule has 0 aliphatic carbocycles. The average Bonchev–Trinajstić information content (AvgIpc) is 3.29. The molecule has 4 heterocycles. The van der Waals surface area contributed by atoms with Crippen LogP contribution in [-0.2, 0) is 6.54 Å². The highest BCUT2D eigenvalue weighted by molar-refractivity contribution is 7.16. The summed E-state index contributed by atoms with van der Waals surface area (Å²) in [6.45, 7) is 8.34. The van der Waals surface area contributed by atoms with Crippen LogP contribution in [0.25, 0.3) is 26.9 Å². The predicted octanol–water partition coefficient (Wildman–Crippen LogP) is 3.96. The molecule has 0 aliphatic rings. The van der Waals surface area contributed by atoms with Gasteiger partial charge < -0.3 is 5.73 Å². The molecule has 9 heteroatoms. The number of rotatable bonds is 4. The van der Waals surface area contributed by atoms with Crippen molar-refractivity contribution in [2.24, 2.45) is 0 Å². The molecule has 0 aliphatic heterocycles. The van der Waals surface area contributed by atoms with Gasteiger partial charge in [0.05, 0.1) is 22.2 Å². The molecular formula is C23H23N7OS. The van der Waals surface area contributed by atoms with Gasteiger partial charge in [0.2, 0.25) is 0 Å². The molecule has 5 aromatic rings. The summed E-state index contributed by atoms with van der Waals surface area (Å²) in [5.74, 6) is 1.23. The van der Waals surface area contributed by atoms with Crippen molar-refractivity contribution < 1.29 is 0 Å². The van der Waals surface area contributed by atoms with Gasteiger partial charge in [0.1, 0.15) is 29.3 Å². The lowest BCUT2D eigenvalue weighted by Crippen LogP contribution is -2.26. The van der Waals surface area contributed by atoms with E-state index in [1.165, 1.54) is 17.7 Å². The van der Waals surface area contributed by atoms with Gasteiger partial charge in [-0.1, -0.05) is 32.0 Å². The number of para-hydroxylation sites is 1. The van der Waals surface area contributed by atoms with E-state index in [0.29, 0.717) is 22.7 Å². The first-order chi connectivity index (χ1) is 15.4. The van der Waals surface area contributed by atoms with Crippen LogP contribution in [0.1, 0.15) is 42.4 Å². The molecule has 8 nitrogen and oxygen atoms in total. The van der Waals surface area contributed by atoms with E-state index in [9.17, 15) is 4.79 Å². The van der Waals surface area contributed by atoms with E-state index in [4.69, 9.17) is 10.7 Å². The van der Waals surface area contributed by atoms with Crippen LogP contribution in [0.3, 0.4) is 0 Å². The standard InChI is InChI=1S/C23H23N7OS/c1-12(2)15-7-5-6-8-16(15)30-17(27-22-18(23(30)31)13(3)10-32-22)9-29-21-19(14(4)28-29)20(24)25-11-26-21/h5-8,10-12H,9H2,1-4H3,(H2,24,25,26). The molecule has 0 spiro atoms. The Kier molecular flexibility index (Phi) is 4.78.